The van der Waals surface area contributed by atoms with E-state index in [9.17, 15) is 19.6 Å². The Kier molecular flexibility index (Phi) is 9.37. The number of aryl methyl sites for hydroxylation is 1. The van der Waals surface area contributed by atoms with Crippen LogP contribution in [0, 0.1) is 12.8 Å². The van der Waals surface area contributed by atoms with Gasteiger partial charge in [-0.05, 0) is 50.5 Å². The summed E-state index contributed by atoms with van der Waals surface area (Å²) >= 11 is 0. The number of carbonyl (C=O) groups is 1. The minimum absolute atomic E-state index is 0.0910. The van der Waals surface area contributed by atoms with Crippen LogP contribution in [0.3, 0.4) is 0 Å². The van der Waals surface area contributed by atoms with Crippen molar-refractivity contribution >= 4 is 41.6 Å². The van der Waals surface area contributed by atoms with Gasteiger partial charge in [-0.1, -0.05) is 50.2 Å². The van der Waals surface area contributed by atoms with E-state index in [1.54, 1.807) is 32.9 Å². The van der Waals surface area contributed by atoms with Gasteiger partial charge in [-0.3, -0.25) is 13.9 Å². The number of imidazole rings is 1. The first kappa shape index (κ1) is 34.0. The van der Waals surface area contributed by atoms with E-state index in [1.165, 1.54) is 18.6 Å². The number of methoxy groups -OCH3 is 1. The standard InChI is InChI=1S/C32H41N6O9P/c1-17(2)24(29(40)45-20-12-9-13-20)37-48(42,47-22-15-8-11-19-10-6-7-14-21(19)22)44-16-23-26(39)32(4,41)30(46-23)38-18(3)34-25-27(38)35-31(33)36-28(25)43-5/h6-8,10-11,14-15,17,20,23-24,26,30,39,41H,9,12-13,16H2,1-5H3,(H,37,42)(H2,33,35,36). The van der Waals surface area contributed by atoms with E-state index in [-0.39, 0.29) is 40.8 Å². The quantitative estimate of drug-likeness (QED) is 0.124. The fourth-order valence-corrected chi connectivity index (χ4v) is 7.57. The number of aliphatic hydroxyl groups excluding tert-OH is 1. The van der Waals surface area contributed by atoms with Crippen LogP contribution in [0.1, 0.15) is 52.1 Å². The molecule has 1 aliphatic carbocycles. The number of aliphatic hydroxyl groups is 2. The second-order valence-electron chi connectivity index (χ2n) is 12.7. The van der Waals surface area contributed by atoms with E-state index in [0.717, 1.165) is 24.6 Å². The maximum Gasteiger partial charge on any atom is 0.459 e. The summed E-state index contributed by atoms with van der Waals surface area (Å²) in [5.74, 6) is -0.258. The molecule has 258 valence electrons. The number of ether oxygens (including phenoxy) is 3. The Hall–Kier alpha value is -3.85. The van der Waals surface area contributed by atoms with E-state index >= 15 is 0 Å². The summed E-state index contributed by atoms with van der Waals surface area (Å²) in [5.41, 5.74) is 4.51. The van der Waals surface area contributed by atoms with Crippen LogP contribution in [0.5, 0.6) is 11.6 Å². The first-order valence-electron chi connectivity index (χ1n) is 15.8. The number of nitrogens with two attached hydrogens (primary N) is 1. The fraction of sp³-hybridized carbons (Fsp3) is 0.500. The Bertz CT molecular complexity index is 1860. The van der Waals surface area contributed by atoms with Gasteiger partial charge >= 0.3 is 13.7 Å². The molecule has 1 saturated heterocycles. The summed E-state index contributed by atoms with van der Waals surface area (Å²) in [6, 6.07) is 11.6. The SMILES string of the molecule is COc1nc(N)nc2c1nc(C)n2C1OC(COP(=O)(NC(C(=O)OC2CCC2)C(C)C)Oc2cccc3ccccc23)C(O)C1(C)O. The van der Waals surface area contributed by atoms with Gasteiger partial charge in [0.25, 0.3) is 0 Å². The zero-order valence-corrected chi connectivity index (χ0v) is 28.3. The molecule has 3 heterocycles. The summed E-state index contributed by atoms with van der Waals surface area (Å²) in [5, 5.41) is 27.2. The largest absolute Gasteiger partial charge is 0.479 e. The third-order valence-corrected chi connectivity index (χ3v) is 10.3. The molecule has 48 heavy (non-hydrogen) atoms. The van der Waals surface area contributed by atoms with Crippen LogP contribution in [0.2, 0.25) is 0 Å². The molecule has 2 aromatic heterocycles. The molecule has 0 amide bonds. The van der Waals surface area contributed by atoms with Gasteiger partial charge in [0.2, 0.25) is 11.8 Å². The summed E-state index contributed by atoms with van der Waals surface area (Å²) in [4.78, 5) is 26.1. The Labute approximate surface area is 277 Å². The lowest BCUT2D eigenvalue weighted by Gasteiger charge is -2.31. The number of nitrogens with one attached hydrogen (secondary N) is 1. The lowest BCUT2D eigenvalue weighted by atomic mass is 9.96. The topological polar surface area (TPSA) is 202 Å². The van der Waals surface area contributed by atoms with Crippen molar-refractivity contribution in [3.05, 3.63) is 48.3 Å². The zero-order valence-electron chi connectivity index (χ0n) is 27.4. The van der Waals surface area contributed by atoms with E-state index in [1.807, 2.05) is 30.3 Å². The number of carbonyl (C=O) groups excluding carboxylic acids is 1. The van der Waals surface area contributed by atoms with Gasteiger partial charge in [0, 0.05) is 5.39 Å². The zero-order chi connectivity index (χ0) is 34.4. The van der Waals surface area contributed by atoms with E-state index < -0.39 is 50.4 Å². The van der Waals surface area contributed by atoms with Crippen LogP contribution in [0.4, 0.5) is 5.95 Å². The molecule has 2 fully saturated rings. The van der Waals surface area contributed by atoms with Crippen molar-refractivity contribution in [2.45, 2.75) is 83.1 Å². The summed E-state index contributed by atoms with van der Waals surface area (Å²) in [7, 11) is -2.99. The van der Waals surface area contributed by atoms with Crippen LogP contribution in [-0.4, -0.2) is 79.4 Å². The van der Waals surface area contributed by atoms with Gasteiger partial charge in [-0.25, -0.2) is 9.55 Å². The number of nitrogens with zero attached hydrogens (tertiary/aromatic N) is 4. The maximum absolute atomic E-state index is 14.7. The van der Waals surface area contributed by atoms with Crippen molar-refractivity contribution in [1.82, 2.24) is 24.6 Å². The third kappa shape index (κ3) is 6.46. The van der Waals surface area contributed by atoms with Gasteiger partial charge < -0.3 is 34.7 Å². The second kappa shape index (κ2) is 13.2. The van der Waals surface area contributed by atoms with Crippen molar-refractivity contribution in [2.75, 3.05) is 19.5 Å². The molecule has 2 aromatic carbocycles. The Balaban J connectivity index is 1.30. The molecule has 5 N–H and O–H groups in total. The summed E-state index contributed by atoms with van der Waals surface area (Å²) < 4.78 is 45.4. The molecule has 1 aliphatic heterocycles. The van der Waals surface area contributed by atoms with E-state index in [4.69, 9.17) is 29.0 Å². The van der Waals surface area contributed by atoms with Crippen molar-refractivity contribution in [3.63, 3.8) is 0 Å². The molecule has 6 atom stereocenters. The molecule has 4 aromatic rings. The van der Waals surface area contributed by atoms with E-state index in [0.29, 0.717) is 11.2 Å². The molecule has 0 radical (unpaired) electrons. The highest BCUT2D eigenvalue weighted by Crippen LogP contribution is 2.49. The molecule has 2 aliphatic rings. The number of rotatable bonds is 12. The normalized spacial score (nSPS) is 24.8. The number of hydrogen-bond donors (Lipinski definition) is 4. The number of benzene rings is 2. The predicted octanol–water partition coefficient (Wildman–Crippen LogP) is 3.80. The van der Waals surface area contributed by atoms with Gasteiger partial charge in [-0.15, -0.1) is 0 Å². The molecule has 16 heteroatoms. The highest BCUT2D eigenvalue weighted by atomic mass is 31.2. The molecular weight excluding hydrogens is 643 g/mol. The lowest BCUT2D eigenvalue weighted by Crippen LogP contribution is -2.45. The minimum Gasteiger partial charge on any atom is -0.479 e. The number of esters is 1. The van der Waals surface area contributed by atoms with Crippen molar-refractivity contribution in [1.29, 1.82) is 0 Å². The fourth-order valence-electron chi connectivity index (χ4n) is 5.89. The predicted molar refractivity (Wildman–Crippen MR) is 175 cm³/mol. The number of hydrogen-bond acceptors (Lipinski definition) is 13. The van der Waals surface area contributed by atoms with Gasteiger partial charge in [0.15, 0.2) is 17.4 Å². The summed E-state index contributed by atoms with van der Waals surface area (Å²) in [6.45, 7) is 6.13. The maximum atomic E-state index is 14.7. The average molecular weight is 685 g/mol. The molecule has 15 nitrogen and oxygen atoms in total. The number of aromatic nitrogens is 4. The van der Waals surface area contributed by atoms with Crippen LogP contribution >= 0.6 is 7.75 Å². The van der Waals surface area contributed by atoms with E-state index in [2.05, 4.69) is 20.0 Å². The molecule has 1 saturated carbocycles. The van der Waals surface area contributed by atoms with Crippen LogP contribution in [0.25, 0.3) is 21.9 Å². The van der Waals surface area contributed by atoms with Gasteiger partial charge in [-0.2, -0.15) is 15.1 Å². The van der Waals surface area contributed by atoms with Crippen LogP contribution in [-0.2, 0) is 23.4 Å². The molecule has 0 spiro atoms. The third-order valence-electron chi connectivity index (χ3n) is 8.81. The van der Waals surface area contributed by atoms with Crippen LogP contribution < -0.4 is 20.1 Å². The molecule has 6 unspecified atom stereocenters. The van der Waals surface area contributed by atoms with Crippen molar-refractivity contribution < 1.29 is 42.8 Å². The lowest BCUT2D eigenvalue weighted by molar-refractivity contribution is -0.156. The van der Waals surface area contributed by atoms with Crippen molar-refractivity contribution in [2.24, 2.45) is 5.92 Å². The smallest absolute Gasteiger partial charge is 0.459 e. The summed E-state index contributed by atoms with van der Waals surface area (Å²) in [6.07, 6.45) is -1.65. The first-order valence-corrected chi connectivity index (χ1v) is 17.4. The molecule has 0 bridgehead atoms. The Morgan fingerprint density at radius 3 is 2.60 bits per heavy atom. The van der Waals surface area contributed by atoms with Crippen LogP contribution in [0.15, 0.2) is 42.5 Å². The Morgan fingerprint density at radius 1 is 1.19 bits per heavy atom. The number of fused-ring (bicyclic) bond motifs is 2. The Morgan fingerprint density at radius 2 is 1.92 bits per heavy atom. The second-order valence-corrected chi connectivity index (χ2v) is 14.4. The average Bonchev–Trinajstić information content (AvgIpc) is 3.46. The monoisotopic (exact) mass is 684 g/mol. The molecular formula is C32H41N6O9P. The highest BCUT2D eigenvalue weighted by molar-refractivity contribution is 7.52. The van der Waals surface area contributed by atoms with Gasteiger partial charge in [0.05, 0.1) is 13.7 Å². The number of nitrogen functional groups attached to an aromatic ring is 1. The minimum atomic E-state index is -4.41. The van der Waals surface area contributed by atoms with Crippen molar-refractivity contribution in [3.8, 4) is 11.6 Å². The first-order chi connectivity index (χ1) is 22.8. The molecule has 6 rings (SSSR count). The highest BCUT2D eigenvalue weighted by Gasteiger charge is 2.55. The number of anilines is 1. The van der Waals surface area contributed by atoms with Gasteiger partial charge in [0.1, 0.15) is 41.5 Å².